The van der Waals surface area contributed by atoms with E-state index in [9.17, 15) is 0 Å². The van der Waals surface area contributed by atoms with Crippen molar-refractivity contribution in [2.75, 3.05) is 13.2 Å². The van der Waals surface area contributed by atoms with Crippen molar-refractivity contribution in [1.82, 2.24) is 4.98 Å². The minimum absolute atomic E-state index is 0.147. The number of rotatable bonds is 4. The van der Waals surface area contributed by atoms with Crippen LogP contribution >= 0.6 is 15.9 Å². The molecule has 0 N–H and O–H groups in total. The number of pyridine rings is 1. The van der Waals surface area contributed by atoms with E-state index in [1.165, 1.54) is 0 Å². The van der Waals surface area contributed by atoms with Crippen LogP contribution in [0.2, 0.25) is 0 Å². The van der Waals surface area contributed by atoms with Gasteiger partial charge in [0.2, 0.25) is 0 Å². The van der Waals surface area contributed by atoms with E-state index in [0.29, 0.717) is 6.61 Å². The Morgan fingerprint density at radius 1 is 1.54 bits per heavy atom. The van der Waals surface area contributed by atoms with Crippen molar-refractivity contribution >= 4 is 15.9 Å². The van der Waals surface area contributed by atoms with E-state index >= 15 is 0 Å². The molecule has 1 rings (SSSR count). The van der Waals surface area contributed by atoms with Gasteiger partial charge in [0.25, 0.3) is 0 Å². The van der Waals surface area contributed by atoms with Crippen LogP contribution in [0.15, 0.2) is 22.8 Å². The Bertz CT molecular complexity index is 309. The molecule has 1 heterocycles. The van der Waals surface area contributed by atoms with E-state index in [0.717, 1.165) is 16.7 Å². The molecule has 13 heavy (non-hydrogen) atoms. The predicted octanol–water partition coefficient (Wildman–Crippen LogP) is 1.93. The summed E-state index contributed by atoms with van der Waals surface area (Å²) in [4.78, 5) is 4.22. The Hall–Kier alpha value is -0.920. The maximum atomic E-state index is 8.21. The van der Waals surface area contributed by atoms with Gasteiger partial charge in [0.15, 0.2) is 0 Å². The lowest BCUT2D eigenvalue weighted by Crippen LogP contribution is -2.00. The molecule has 0 spiro atoms. The van der Waals surface area contributed by atoms with Gasteiger partial charge in [-0.1, -0.05) is 6.07 Å². The third kappa shape index (κ3) is 4.02. The minimum atomic E-state index is 0.147. The maximum Gasteiger partial charge on any atom is 0.133 e. The number of nitriles is 1. The highest BCUT2D eigenvalue weighted by Crippen LogP contribution is 2.06. The van der Waals surface area contributed by atoms with Gasteiger partial charge in [-0.15, -0.1) is 0 Å². The van der Waals surface area contributed by atoms with Crippen molar-refractivity contribution in [2.45, 2.75) is 6.42 Å². The predicted molar refractivity (Wildman–Crippen MR) is 52.1 cm³/mol. The van der Waals surface area contributed by atoms with Gasteiger partial charge in [-0.2, -0.15) is 5.26 Å². The van der Waals surface area contributed by atoms with Gasteiger partial charge in [0.1, 0.15) is 11.2 Å². The molecule has 0 amide bonds. The van der Waals surface area contributed by atoms with Crippen molar-refractivity contribution in [3.05, 3.63) is 28.5 Å². The first-order valence-corrected chi connectivity index (χ1v) is 4.68. The largest absolute Gasteiger partial charge is 0.366 e. The van der Waals surface area contributed by atoms with Crippen molar-refractivity contribution in [1.29, 1.82) is 5.26 Å². The molecule has 0 aliphatic heterocycles. The van der Waals surface area contributed by atoms with E-state index in [4.69, 9.17) is 10.00 Å². The highest BCUT2D eigenvalue weighted by atomic mass is 79.9. The minimum Gasteiger partial charge on any atom is -0.366 e. The van der Waals surface area contributed by atoms with Gasteiger partial charge >= 0.3 is 0 Å². The maximum absolute atomic E-state index is 8.21. The van der Waals surface area contributed by atoms with Crippen molar-refractivity contribution < 1.29 is 4.74 Å². The van der Waals surface area contributed by atoms with E-state index in [1.54, 1.807) is 0 Å². The zero-order chi connectivity index (χ0) is 9.52. The molecule has 0 aromatic carbocycles. The number of nitrogens with zero attached hydrogens (tertiary/aromatic N) is 2. The Morgan fingerprint density at radius 3 is 3.08 bits per heavy atom. The van der Waals surface area contributed by atoms with Crippen LogP contribution in [0, 0.1) is 11.3 Å². The number of aromatic nitrogens is 1. The third-order valence-electron chi connectivity index (χ3n) is 1.44. The average molecular weight is 241 g/mol. The Morgan fingerprint density at radius 2 is 2.38 bits per heavy atom. The molecule has 0 unspecified atom stereocenters. The molecular formula is C9H9BrN2O. The topological polar surface area (TPSA) is 45.9 Å². The summed E-state index contributed by atoms with van der Waals surface area (Å²) in [5.74, 6) is 0. The highest BCUT2D eigenvalue weighted by Gasteiger charge is 1.95. The van der Waals surface area contributed by atoms with Crippen molar-refractivity contribution in [3.63, 3.8) is 0 Å². The molecule has 1 aromatic heterocycles. The lowest BCUT2D eigenvalue weighted by Gasteiger charge is -2.00. The lowest BCUT2D eigenvalue weighted by atomic mass is 10.3. The lowest BCUT2D eigenvalue weighted by molar-refractivity contribution is 0.168. The van der Waals surface area contributed by atoms with Crippen LogP contribution in [-0.2, 0) is 11.2 Å². The summed E-state index contributed by atoms with van der Waals surface area (Å²) < 4.78 is 5.83. The van der Waals surface area contributed by atoms with Crippen molar-refractivity contribution in [2.24, 2.45) is 0 Å². The fraction of sp³-hybridized carbons (Fsp3) is 0.333. The molecular weight excluding hydrogens is 232 g/mol. The van der Waals surface area contributed by atoms with Crippen LogP contribution in [0.3, 0.4) is 0 Å². The van der Waals surface area contributed by atoms with Gasteiger partial charge in [0, 0.05) is 12.1 Å². The zero-order valence-corrected chi connectivity index (χ0v) is 8.62. The van der Waals surface area contributed by atoms with Gasteiger partial charge in [0.05, 0.1) is 12.7 Å². The second-order valence-corrected chi connectivity index (χ2v) is 3.22. The van der Waals surface area contributed by atoms with Crippen LogP contribution in [-0.4, -0.2) is 18.2 Å². The van der Waals surface area contributed by atoms with E-state index < -0.39 is 0 Å². The highest BCUT2D eigenvalue weighted by molar-refractivity contribution is 9.10. The van der Waals surface area contributed by atoms with Gasteiger partial charge in [-0.25, -0.2) is 4.98 Å². The molecule has 0 bridgehead atoms. The van der Waals surface area contributed by atoms with Crippen LogP contribution in [0.4, 0.5) is 0 Å². The first-order valence-electron chi connectivity index (χ1n) is 3.89. The third-order valence-corrected chi connectivity index (χ3v) is 1.88. The molecule has 0 aliphatic carbocycles. The van der Waals surface area contributed by atoms with Gasteiger partial charge in [-0.05, 0) is 28.1 Å². The Labute approximate surface area is 85.5 Å². The summed E-state index contributed by atoms with van der Waals surface area (Å²) in [6.45, 7) is 0.686. The second-order valence-electron chi connectivity index (χ2n) is 2.41. The first-order chi connectivity index (χ1) is 6.33. The molecule has 0 atom stereocenters. The molecule has 1 aromatic rings. The smallest absolute Gasteiger partial charge is 0.133 e. The molecule has 68 valence electrons. The summed E-state index contributed by atoms with van der Waals surface area (Å²) in [5.41, 5.74) is 0.965. The molecule has 3 nitrogen and oxygen atoms in total. The van der Waals surface area contributed by atoms with Crippen molar-refractivity contribution in [3.8, 4) is 6.07 Å². The monoisotopic (exact) mass is 240 g/mol. The SMILES string of the molecule is N#CCOCCc1cccc(Br)n1. The van der Waals surface area contributed by atoms with Gasteiger partial charge in [-0.3, -0.25) is 0 Å². The van der Waals surface area contributed by atoms with Crippen LogP contribution in [0.25, 0.3) is 0 Å². The molecule has 0 saturated heterocycles. The van der Waals surface area contributed by atoms with Crippen LogP contribution < -0.4 is 0 Å². The van der Waals surface area contributed by atoms with E-state index in [1.807, 2.05) is 24.3 Å². The average Bonchev–Trinajstić information content (AvgIpc) is 2.13. The summed E-state index contributed by atoms with van der Waals surface area (Å²) in [7, 11) is 0. The fourth-order valence-corrected chi connectivity index (χ4v) is 1.26. The molecule has 4 heteroatoms. The quantitative estimate of drug-likeness (QED) is 0.597. The zero-order valence-electron chi connectivity index (χ0n) is 7.03. The summed E-state index contributed by atoms with van der Waals surface area (Å²) in [6, 6.07) is 7.65. The van der Waals surface area contributed by atoms with Gasteiger partial charge < -0.3 is 4.74 Å². The number of halogens is 1. The van der Waals surface area contributed by atoms with Crippen LogP contribution in [0.1, 0.15) is 5.69 Å². The summed E-state index contributed by atoms with van der Waals surface area (Å²) in [5, 5.41) is 8.21. The molecule has 0 fully saturated rings. The van der Waals surface area contributed by atoms with Crippen LogP contribution in [0.5, 0.6) is 0 Å². The summed E-state index contributed by atoms with van der Waals surface area (Å²) in [6.07, 6.45) is 0.737. The number of hydrogen-bond donors (Lipinski definition) is 0. The Kier molecular flexibility index (Phi) is 4.44. The van der Waals surface area contributed by atoms with E-state index in [-0.39, 0.29) is 6.61 Å². The summed E-state index contributed by atoms with van der Waals surface area (Å²) >= 11 is 3.28. The second kappa shape index (κ2) is 5.68. The van der Waals surface area contributed by atoms with E-state index in [2.05, 4.69) is 20.9 Å². The first kappa shape index (κ1) is 10.2. The normalized spacial score (nSPS) is 9.54. The number of hydrogen-bond acceptors (Lipinski definition) is 3. The Balaban J connectivity index is 2.33. The number of ether oxygens (including phenoxy) is 1. The fourth-order valence-electron chi connectivity index (χ4n) is 0.884. The molecule has 0 radical (unpaired) electrons. The molecule has 0 aliphatic rings. The standard InChI is InChI=1S/C9H9BrN2O/c10-9-3-1-2-8(12-9)4-6-13-7-5-11/h1-3H,4,6-7H2. The molecule has 0 saturated carbocycles.